The molecule has 172 valence electrons. The van der Waals surface area contributed by atoms with Crippen LogP contribution in [-0.4, -0.2) is 26.1 Å². The third-order valence-corrected chi connectivity index (χ3v) is 9.42. The number of nitrogens with one attached hydrogen (secondary N) is 1. The maximum absolute atomic E-state index is 13.5. The number of carbonyl (C=O) groups is 1. The monoisotopic (exact) mass is 486 g/mol. The molecule has 2 aromatic rings. The van der Waals surface area contributed by atoms with Gasteiger partial charge in [0, 0.05) is 23.4 Å². The highest BCUT2D eigenvalue weighted by molar-refractivity contribution is 7.92. The molecule has 0 saturated heterocycles. The summed E-state index contributed by atoms with van der Waals surface area (Å²) in [6.07, 6.45) is 3.11. The van der Waals surface area contributed by atoms with Crippen molar-refractivity contribution in [2.45, 2.75) is 35.8 Å². The minimum absolute atomic E-state index is 0.000712. The molecule has 0 spiro atoms. The van der Waals surface area contributed by atoms with Gasteiger partial charge in [-0.25, -0.2) is 21.6 Å². The Morgan fingerprint density at radius 2 is 1.66 bits per heavy atom. The zero-order valence-corrected chi connectivity index (χ0v) is 18.5. The van der Waals surface area contributed by atoms with E-state index in [2.05, 4.69) is 5.32 Å². The maximum Gasteiger partial charge on any atom is 0.255 e. The fourth-order valence-electron chi connectivity index (χ4n) is 5.14. The lowest BCUT2D eigenvalue weighted by Gasteiger charge is -2.34. The Hall–Kier alpha value is -2.10. The standard InChI is InChI=1S/C22H22ClF3N2O3S/c23-16-4-3-14(22(29)28-15-8-17(24)20(26)18(25)9-15)7-19(16)32(30,31)21-12-1-2-13(21)6-11(5-12)10-27/h3-4,7-9,11-13,21H,1-2,5-6,10,27H2,(H,28,29)/t11-,12-,13?,21?/m0/s1. The Kier molecular flexibility index (Phi) is 6.26. The molecule has 4 rings (SSSR count). The van der Waals surface area contributed by atoms with Gasteiger partial charge in [0.25, 0.3) is 5.91 Å². The molecule has 4 atom stereocenters. The third kappa shape index (κ3) is 4.13. The molecule has 10 heteroatoms. The van der Waals surface area contributed by atoms with Gasteiger partial charge < -0.3 is 11.1 Å². The summed E-state index contributed by atoms with van der Waals surface area (Å²) in [7, 11) is -3.83. The SMILES string of the molecule is NC[C@@H]1CC2CC[C@@H](C1)C2S(=O)(=O)c1cc(C(=O)Nc2cc(F)c(F)c(F)c2)ccc1Cl. The first kappa shape index (κ1) is 23.1. The van der Waals surface area contributed by atoms with Gasteiger partial charge in [0.05, 0.1) is 15.2 Å². The van der Waals surface area contributed by atoms with Crippen molar-refractivity contribution in [2.24, 2.45) is 23.5 Å². The number of carbonyl (C=O) groups excluding carboxylic acids is 1. The van der Waals surface area contributed by atoms with E-state index in [9.17, 15) is 26.4 Å². The lowest BCUT2D eigenvalue weighted by molar-refractivity contribution is 0.102. The number of hydrogen-bond donors (Lipinski definition) is 2. The molecule has 0 aliphatic heterocycles. The lowest BCUT2D eigenvalue weighted by atomic mass is 9.80. The van der Waals surface area contributed by atoms with E-state index in [1.807, 2.05) is 0 Å². The van der Waals surface area contributed by atoms with Gasteiger partial charge in [0.2, 0.25) is 0 Å². The van der Waals surface area contributed by atoms with Crippen LogP contribution in [0.15, 0.2) is 35.2 Å². The molecule has 0 heterocycles. The van der Waals surface area contributed by atoms with Crippen molar-refractivity contribution in [3.05, 3.63) is 58.4 Å². The molecule has 0 radical (unpaired) electrons. The van der Waals surface area contributed by atoms with Crippen molar-refractivity contribution in [3.63, 3.8) is 0 Å². The van der Waals surface area contributed by atoms with Gasteiger partial charge in [-0.1, -0.05) is 11.6 Å². The topological polar surface area (TPSA) is 89.3 Å². The molecule has 2 saturated carbocycles. The van der Waals surface area contributed by atoms with Crippen LogP contribution in [0.25, 0.3) is 0 Å². The van der Waals surface area contributed by atoms with Gasteiger partial charge in [-0.2, -0.15) is 0 Å². The summed E-state index contributed by atoms with van der Waals surface area (Å²) in [5.74, 6) is -5.08. The molecule has 2 bridgehead atoms. The molecule has 32 heavy (non-hydrogen) atoms. The van der Waals surface area contributed by atoms with Gasteiger partial charge in [-0.15, -0.1) is 0 Å². The van der Waals surface area contributed by atoms with Crippen LogP contribution in [0.2, 0.25) is 5.02 Å². The van der Waals surface area contributed by atoms with E-state index in [0.717, 1.165) is 25.7 Å². The van der Waals surface area contributed by atoms with Gasteiger partial charge in [-0.3, -0.25) is 4.79 Å². The first-order valence-corrected chi connectivity index (χ1v) is 12.2. The molecule has 0 aromatic heterocycles. The summed E-state index contributed by atoms with van der Waals surface area (Å²) in [6.45, 7) is 0.529. The molecule has 2 fully saturated rings. The zero-order valence-electron chi connectivity index (χ0n) is 17.0. The Morgan fingerprint density at radius 3 is 2.22 bits per heavy atom. The van der Waals surface area contributed by atoms with Crippen LogP contribution in [0.5, 0.6) is 0 Å². The van der Waals surface area contributed by atoms with Crippen molar-refractivity contribution in [1.82, 2.24) is 0 Å². The van der Waals surface area contributed by atoms with Gasteiger partial charge in [0.15, 0.2) is 27.3 Å². The summed E-state index contributed by atoms with van der Waals surface area (Å²) >= 11 is 6.22. The van der Waals surface area contributed by atoms with E-state index in [1.165, 1.54) is 18.2 Å². The smallest absolute Gasteiger partial charge is 0.255 e. The summed E-state index contributed by atoms with van der Waals surface area (Å²) in [5, 5.41) is 1.67. The van der Waals surface area contributed by atoms with Crippen molar-refractivity contribution in [1.29, 1.82) is 0 Å². The first-order chi connectivity index (χ1) is 15.1. The van der Waals surface area contributed by atoms with E-state index in [1.54, 1.807) is 0 Å². The Bertz CT molecular complexity index is 1140. The highest BCUT2D eigenvalue weighted by atomic mass is 35.5. The second-order valence-electron chi connectivity index (χ2n) is 8.53. The molecule has 2 aliphatic carbocycles. The third-order valence-electron chi connectivity index (χ3n) is 6.54. The number of halogens is 4. The second-order valence-corrected chi connectivity index (χ2v) is 11.0. The van der Waals surface area contributed by atoms with Crippen LogP contribution in [-0.2, 0) is 9.84 Å². The average Bonchev–Trinajstić information content (AvgIpc) is 3.03. The minimum atomic E-state index is -3.83. The molecule has 5 nitrogen and oxygen atoms in total. The van der Waals surface area contributed by atoms with Gasteiger partial charge >= 0.3 is 0 Å². The average molecular weight is 487 g/mol. The largest absolute Gasteiger partial charge is 0.330 e. The molecule has 3 N–H and O–H groups in total. The fraction of sp³-hybridized carbons (Fsp3) is 0.409. The summed E-state index contributed by atoms with van der Waals surface area (Å²) in [6, 6.07) is 5.07. The number of sulfone groups is 1. The molecule has 1 amide bonds. The number of nitrogens with two attached hydrogens (primary N) is 1. The molecule has 2 unspecified atom stereocenters. The number of fused-ring (bicyclic) bond motifs is 2. The molecule has 2 aliphatic rings. The van der Waals surface area contributed by atoms with Crippen LogP contribution < -0.4 is 11.1 Å². The maximum atomic E-state index is 13.5. The van der Waals surface area contributed by atoms with E-state index >= 15 is 0 Å². The van der Waals surface area contributed by atoms with Gasteiger partial charge in [0.1, 0.15) is 0 Å². The minimum Gasteiger partial charge on any atom is -0.330 e. The van der Waals surface area contributed by atoms with Crippen LogP contribution in [0, 0.1) is 35.2 Å². The second kappa shape index (κ2) is 8.68. The predicted octanol–water partition coefficient (Wildman–Crippen LogP) is 4.55. The molecular weight excluding hydrogens is 465 g/mol. The number of hydrogen-bond acceptors (Lipinski definition) is 4. The van der Waals surface area contributed by atoms with Crippen LogP contribution in [0.4, 0.5) is 18.9 Å². The van der Waals surface area contributed by atoms with Crippen LogP contribution >= 0.6 is 11.6 Å². The lowest BCUT2D eigenvalue weighted by Crippen LogP contribution is -2.39. The first-order valence-electron chi connectivity index (χ1n) is 10.3. The van der Waals surface area contributed by atoms with Crippen molar-refractivity contribution >= 4 is 33.0 Å². The van der Waals surface area contributed by atoms with E-state index in [-0.39, 0.29) is 33.0 Å². The van der Waals surface area contributed by atoms with E-state index in [4.69, 9.17) is 17.3 Å². The predicted molar refractivity (Wildman–Crippen MR) is 115 cm³/mol. The molecule has 2 aromatic carbocycles. The van der Waals surface area contributed by atoms with Crippen LogP contribution in [0.1, 0.15) is 36.0 Å². The van der Waals surface area contributed by atoms with E-state index in [0.29, 0.717) is 24.6 Å². The molecular formula is C22H22ClF3N2O3S. The Morgan fingerprint density at radius 1 is 1.06 bits per heavy atom. The number of amides is 1. The van der Waals surface area contributed by atoms with Crippen molar-refractivity contribution < 1.29 is 26.4 Å². The fourth-order valence-corrected chi connectivity index (χ4v) is 8.01. The van der Waals surface area contributed by atoms with E-state index < -0.39 is 38.4 Å². The highest BCUT2D eigenvalue weighted by Crippen LogP contribution is 2.49. The summed E-state index contributed by atoms with van der Waals surface area (Å²) < 4.78 is 67.1. The van der Waals surface area contributed by atoms with Gasteiger partial charge in [-0.05, 0) is 68.2 Å². The summed E-state index contributed by atoms with van der Waals surface area (Å²) in [4.78, 5) is 12.5. The zero-order chi connectivity index (χ0) is 23.2. The Balaban J connectivity index is 1.62. The number of rotatable bonds is 5. The highest BCUT2D eigenvalue weighted by Gasteiger charge is 2.49. The Labute approximate surface area is 189 Å². The van der Waals surface area contributed by atoms with Crippen LogP contribution in [0.3, 0.4) is 0 Å². The van der Waals surface area contributed by atoms with Crippen molar-refractivity contribution in [2.75, 3.05) is 11.9 Å². The quantitative estimate of drug-likeness (QED) is 0.607. The van der Waals surface area contributed by atoms with Crippen molar-refractivity contribution in [3.8, 4) is 0 Å². The number of benzene rings is 2. The summed E-state index contributed by atoms with van der Waals surface area (Å²) in [5.41, 5.74) is 5.45. The normalized spacial score (nSPS) is 25.0. The number of anilines is 1.